The number of nitrogens with zero attached hydrogens (tertiary/aromatic N) is 5. The third kappa shape index (κ3) is 6.53. The molecular weight excluding hydrogens is 593 g/mol. The number of amides is 3. The number of carbonyl (C=O) groups is 3. The Morgan fingerprint density at radius 1 is 1.04 bits per heavy atom. The molecule has 3 aliphatic heterocycles. The fourth-order valence-electron chi connectivity index (χ4n) is 7.81. The van der Waals surface area contributed by atoms with Gasteiger partial charge >= 0.3 is 11.8 Å². The first-order valence-electron chi connectivity index (χ1n) is 16.7. The predicted octanol–water partition coefficient (Wildman–Crippen LogP) is 2.74. The van der Waals surface area contributed by atoms with E-state index in [4.69, 9.17) is 4.74 Å². The van der Waals surface area contributed by atoms with Crippen molar-refractivity contribution in [3.8, 4) is 0 Å². The quantitative estimate of drug-likeness (QED) is 0.462. The average Bonchev–Trinajstić information content (AvgIpc) is 3.22. The Morgan fingerprint density at radius 3 is 2.35 bits per heavy atom. The van der Waals surface area contributed by atoms with Crippen LogP contribution in [-0.2, 0) is 21.4 Å². The first kappa shape index (κ1) is 32.5. The number of imidazole rings is 1. The monoisotopic (exact) mass is 641 g/mol. The first-order chi connectivity index (χ1) is 21.7. The highest BCUT2D eigenvalue weighted by Crippen LogP contribution is 2.37. The van der Waals surface area contributed by atoms with Crippen molar-refractivity contribution in [1.29, 1.82) is 0 Å². The maximum absolute atomic E-state index is 16.0. The number of alkyl carbamates (subject to hydrolysis) is 1. The van der Waals surface area contributed by atoms with Crippen molar-refractivity contribution in [2.45, 2.75) is 89.4 Å². The second-order valence-corrected chi connectivity index (χ2v) is 15.0. The standard InChI is InChI=1S/C33H48FN7O5/c1-32(2,3)46-30(44)36-33(4)18-22(19-33)39-16-14-38(15-17-39)20-21-10-12-40(13-11-21)23-6-7-24-28(27(23)34)37(5)31(45)41(24)25-8-9-26(42)35-29(25)43/h6-7,21-22,25H,8-20H2,1-5H3,(H,36,44)(H,35,42,43)/t22?,25-,33?/m1/s1. The fraction of sp³-hybridized carbons (Fsp3) is 0.697. The number of fused-ring (bicyclic) bond motifs is 1. The summed E-state index contributed by atoms with van der Waals surface area (Å²) in [5, 5.41) is 5.36. The van der Waals surface area contributed by atoms with Gasteiger partial charge in [0.15, 0.2) is 5.82 Å². The van der Waals surface area contributed by atoms with Crippen molar-refractivity contribution in [2.24, 2.45) is 13.0 Å². The molecule has 0 spiro atoms. The number of carbonyl (C=O) groups excluding carboxylic acids is 3. The number of anilines is 1. The summed E-state index contributed by atoms with van der Waals surface area (Å²) >= 11 is 0. The smallest absolute Gasteiger partial charge is 0.408 e. The molecule has 3 amide bonds. The van der Waals surface area contributed by atoms with Gasteiger partial charge in [-0.15, -0.1) is 0 Å². The molecule has 2 aromatic rings. The Labute approximate surface area is 269 Å². The highest BCUT2D eigenvalue weighted by molar-refractivity contribution is 6.00. The molecule has 1 aromatic carbocycles. The van der Waals surface area contributed by atoms with E-state index in [-0.39, 0.29) is 35.9 Å². The Morgan fingerprint density at radius 2 is 1.72 bits per heavy atom. The number of piperidine rings is 2. The molecule has 46 heavy (non-hydrogen) atoms. The summed E-state index contributed by atoms with van der Waals surface area (Å²) in [6.07, 6.45) is 3.80. The van der Waals surface area contributed by atoms with E-state index < -0.39 is 29.1 Å². The number of hydrogen-bond donors (Lipinski definition) is 2. The topological polar surface area (TPSA) is 121 Å². The van der Waals surface area contributed by atoms with Crippen LogP contribution in [0.3, 0.4) is 0 Å². The van der Waals surface area contributed by atoms with E-state index in [0.29, 0.717) is 23.2 Å². The number of halogens is 1. The van der Waals surface area contributed by atoms with E-state index in [9.17, 15) is 19.2 Å². The molecule has 1 atom stereocenters. The van der Waals surface area contributed by atoms with Crippen molar-refractivity contribution in [2.75, 3.05) is 50.7 Å². The van der Waals surface area contributed by atoms with Crippen LogP contribution < -0.4 is 21.2 Å². The summed E-state index contributed by atoms with van der Waals surface area (Å²) in [7, 11) is 1.52. The highest BCUT2D eigenvalue weighted by atomic mass is 19.1. The molecule has 0 radical (unpaired) electrons. The molecule has 12 nitrogen and oxygen atoms in total. The third-order valence-corrected chi connectivity index (χ3v) is 10.3. The molecular formula is C33H48FN7O5. The summed E-state index contributed by atoms with van der Waals surface area (Å²) in [6.45, 7) is 14.3. The summed E-state index contributed by atoms with van der Waals surface area (Å²) in [4.78, 5) is 56.7. The van der Waals surface area contributed by atoms with Crippen molar-refractivity contribution in [3.05, 3.63) is 28.4 Å². The largest absolute Gasteiger partial charge is 0.444 e. The molecule has 1 aliphatic carbocycles. The Kier molecular flexibility index (Phi) is 8.68. The van der Waals surface area contributed by atoms with Crippen LogP contribution in [0.1, 0.15) is 72.3 Å². The minimum absolute atomic E-state index is 0.138. The SMILES string of the molecule is Cn1c(=O)n([C@@H]2CCC(=O)NC2=O)c2ccc(N3CCC(CN4CCN(C5CC(C)(NC(=O)OC(C)(C)C)C5)CC4)CC3)c(F)c21. The van der Waals surface area contributed by atoms with E-state index in [2.05, 4.69) is 32.3 Å². The van der Waals surface area contributed by atoms with Gasteiger partial charge < -0.3 is 19.9 Å². The summed E-state index contributed by atoms with van der Waals surface area (Å²) < 4.78 is 24.0. The van der Waals surface area contributed by atoms with E-state index in [1.165, 1.54) is 16.2 Å². The molecule has 1 saturated carbocycles. The Bertz CT molecular complexity index is 1560. The zero-order chi connectivity index (χ0) is 33.0. The number of imide groups is 1. The van der Waals surface area contributed by atoms with E-state index in [1.807, 2.05) is 20.8 Å². The minimum atomic E-state index is -0.841. The van der Waals surface area contributed by atoms with Gasteiger partial charge in [0.1, 0.15) is 17.2 Å². The molecule has 4 heterocycles. The lowest BCUT2D eigenvalue weighted by Crippen LogP contribution is -2.64. The Balaban J connectivity index is 0.993. The molecule has 4 fully saturated rings. The van der Waals surface area contributed by atoms with Crippen LogP contribution in [0.4, 0.5) is 14.9 Å². The maximum Gasteiger partial charge on any atom is 0.408 e. The highest BCUT2D eigenvalue weighted by Gasteiger charge is 2.45. The summed E-state index contributed by atoms with van der Waals surface area (Å²) in [5.41, 5.74) is -0.167. The van der Waals surface area contributed by atoms with Crippen LogP contribution in [0, 0.1) is 11.7 Å². The van der Waals surface area contributed by atoms with Crippen LogP contribution in [0.2, 0.25) is 0 Å². The number of nitrogens with one attached hydrogen (secondary N) is 2. The molecule has 4 aliphatic rings. The number of aromatic nitrogens is 2. The van der Waals surface area contributed by atoms with Gasteiger partial charge in [-0.1, -0.05) is 0 Å². The van der Waals surface area contributed by atoms with Gasteiger partial charge in [0, 0.05) is 70.9 Å². The summed E-state index contributed by atoms with van der Waals surface area (Å²) in [5.74, 6) is -0.804. The fourth-order valence-corrected chi connectivity index (χ4v) is 7.81. The summed E-state index contributed by atoms with van der Waals surface area (Å²) in [6, 6.07) is 3.08. The van der Waals surface area contributed by atoms with E-state index in [1.54, 1.807) is 12.1 Å². The van der Waals surface area contributed by atoms with Crippen molar-refractivity contribution in [3.63, 3.8) is 0 Å². The maximum atomic E-state index is 16.0. The van der Waals surface area contributed by atoms with Gasteiger partial charge in [0.2, 0.25) is 11.8 Å². The van der Waals surface area contributed by atoms with Crippen molar-refractivity contribution < 1.29 is 23.5 Å². The van der Waals surface area contributed by atoms with Crippen LogP contribution in [-0.4, -0.2) is 99.8 Å². The second-order valence-electron chi connectivity index (χ2n) is 15.0. The normalized spacial score (nSPS) is 27.0. The lowest BCUT2D eigenvalue weighted by atomic mass is 9.73. The minimum Gasteiger partial charge on any atom is -0.444 e. The number of benzene rings is 1. The third-order valence-electron chi connectivity index (χ3n) is 10.3. The van der Waals surface area contributed by atoms with Gasteiger partial charge in [-0.3, -0.25) is 28.9 Å². The molecule has 252 valence electrons. The molecule has 0 unspecified atom stereocenters. The van der Waals surface area contributed by atoms with E-state index in [0.717, 1.165) is 71.5 Å². The van der Waals surface area contributed by atoms with Crippen LogP contribution in [0.15, 0.2) is 16.9 Å². The van der Waals surface area contributed by atoms with Gasteiger partial charge in [-0.2, -0.15) is 0 Å². The molecule has 2 N–H and O–H groups in total. The Hall–Kier alpha value is -3.45. The lowest BCUT2D eigenvalue weighted by Gasteiger charge is -2.52. The zero-order valence-electron chi connectivity index (χ0n) is 27.7. The second kappa shape index (κ2) is 12.3. The molecule has 13 heteroatoms. The van der Waals surface area contributed by atoms with Gasteiger partial charge in [-0.05, 0) is 77.8 Å². The number of rotatable bonds is 6. The van der Waals surface area contributed by atoms with Gasteiger partial charge in [0.25, 0.3) is 0 Å². The zero-order valence-corrected chi connectivity index (χ0v) is 27.7. The van der Waals surface area contributed by atoms with Gasteiger partial charge in [-0.25, -0.2) is 14.0 Å². The van der Waals surface area contributed by atoms with Crippen LogP contribution in [0.5, 0.6) is 0 Å². The average molecular weight is 642 g/mol. The number of aryl methyl sites for hydroxylation is 1. The van der Waals surface area contributed by atoms with Crippen LogP contribution >= 0.6 is 0 Å². The van der Waals surface area contributed by atoms with Crippen LogP contribution in [0.25, 0.3) is 11.0 Å². The van der Waals surface area contributed by atoms with Crippen molar-refractivity contribution >= 4 is 34.6 Å². The molecule has 3 saturated heterocycles. The lowest BCUT2D eigenvalue weighted by molar-refractivity contribution is -0.135. The molecule has 1 aromatic heterocycles. The number of ether oxygens (including phenoxy) is 1. The first-order valence-corrected chi connectivity index (χ1v) is 16.7. The molecule has 6 rings (SSSR count). The number of hydrogen-bond acceptors (Lipinski definition) is 8. The number of piperazine rings is 1. The van der Waals surface area contributed by atoms with Crippen molar-refractivity contribution in [1.82, 2.24) is 29.6 Å². The van der Waals surface area contributed by atoms with Gasteiger partial charge in [0.05, 0.1) is 11.2 Å². The van der Waals surface area contributed by atoms with E-state index >= 15 is 4.39 Å². The predicted molar refractivity (Wildman–Crippen MR) is 172 cm³/mol. The molecule has 0 bridgehead atoms.